The molecule has 0 saturated carbocycles. The first-order valence-corrected chi connectivity index (χ1v) is 10.7. The molecule has 2 N–H and O–H groups in total. The normalized spacial score (nSPS) is 19.9. The summed E-state index contributed by atoms with van der Waals surface area (Å²) in [7, 11) is 0. The van der Waals surface area contributed by atoms with Crippen LogP contribution >= 0.6 is 0 Å². The Labute approximate surface area is 171 Å². The third kappa shape index (κ3) is 6.98. The highest BCUT2D eigenvalue weighted by atomic mass is 16.5. The first-order valence-electron chi connectivity index (χ1n) is 10.7. The van der Waals surface area contributed by atoms with Crippen LogP contribution in [0.1, 0.15) is 86.5 Å². The van der Waals surface area contributed by atoms with E-state index in [2.05, 4.69) is 47.6 Å². The van der Waals surface area contributed by atoms with Crippen LogP contribution in [0.2, 0.25) is 0 Å². The Kier molecular flexibility index (Phi) is 9.75. The van der Waals surface area contributed by atoms with Crippen molar-refractivity contribution in [3.63, 3.8) is 0 Å². The van der Waals surface area contributed by atoms with Crippen LogP contribution in [0.5, 0.6) is 0 Å². The molecule has 0 radical (unpaired) electrons. The average molecular weight is 390 g/mol. The van der Waals surface area contributed by atoms with E-state index in [0.29, 0.717) is 18.9 Å². The van der Waals surface area contributed by atoms with E-state index in [1.165, 1.54) is 0 Å². The van der Waals surface area contributed by atoms with Gasteiger partial charge in [-0.15, -0.1) is 0 Å². The molecule has 1 unspecified atom stereocenters. The predicted molar refractivity (Wildman–Crippen MR) is 114 cm³/mol. The second-order valence-corrected chi connectivity index (χ2v) is 8.84. The van der Waals surface area contributed by atoms with Crippen molar-refractivity contribution >= 4 is 5.97 Å². The summed E-state index contributed by atoms with van der Waals surface area (Å²) in [5.74, 6) is 6.16. The maximum Gasteiger partial charge on any atom is 0.349 e. The zero-order valence-corrected chi connectivity index (χ0v) is 18.7. The third-order valence-electron chi connectivity index (χ3n) is 5.70. The number of ether oxygens (including phenoxy) is 1. The summed E-state index contributed by atoms with van der Waals surface area (Å²) in [5, 5.41) is 11.5. The standard InChI is InChI=1S/C23H39N3O2/c1-7-10-11-18(9-3)16-28-22(27)21(15-24)19-12-20(14-23(5,6)13-19)26(25)17(4)8-2/h12,17-18H,7-11,13-14,16,25H2,1-6H3/b21-19+/t17?,18-/m0/s1. The van der Waals surface area contributed by atoms with Crippen LogP contribution in [0.25, 0.3) is 0 Å². The van der Waals surface area contributed by atoms with Crippen LogP contribution in [-0.2, 0) is 9.53 Å². The van der Waals surface area contributed by atoms with E-state index < -0.39 is 5.97 Å². The number of allylic oxidation sites excluding steroid dienone is 3. The number of carbonyl (C=O) groups is 1. The maximum absolute atomic E-state index is 12.7. The quantitative estimate of drug-likeness (QED) is 0.182. The highest BCUT2D eigenvalue weighted by molar-refractivity contribution is 5.94. The Balaban J connectivity index is 3.06. The van der Waals surface area contributed by atoms with Gasteiger partial charge in [0.2, 0.25) is 0 Å². The summed E-state index contributed by atoms with van der Waals surface area (Å²) in [6, 6.07) is 2.30. The number of unbranched alkanes of at least 4 members (excludes halogenated alkanes) is 1. The van der Waals surface area contributed by atoms with E-state index in [1.54, 1.807) is 5.01 Å². The molecule has 0 amide bonds. The number of hydrazine groups is 1. The van der Waals surface area contributed by atoms with Crippen molar-refractivity contribution in [2.24, 2.45) is 17.2 Å². The molecule has 1 aliphatic carbocycles. The highest BCUT2D eigenvalue weighted by Gasteiger charge is 2.31. The van der Waals surface area contributed by atoms with Crippen LogP contribution < -0.4 is 5.84 Å². The summed E-state index contributed by atoms with van der Waals surface area (Å²) in [6.07, 6.45) is 8.61. The largest absolute Gasteiger partial charge is 0.461 e. The Morgan fingerprint density at radius 1 is 1.32 bits per heavy atom. The molecule has 0 saturated heterocycles. The number of nitrogens with two attached hydrogens (primary N) is 1. The zero-order valence-electron chi connectivity index (χ0n) is 18.7. The van der Waals surface area contributed by atoms with Gasteiger partial charge in [-0.2, -0.15) is 5.26 Å². The fourth-order valence-corrected chi connectivity index (χ4v) is 3.59. The van der Waals surface area contributed by atoms with Gasteiger partial charge in [-0.05, 0) is 55.6 Å². The van der Waals surface area contributed by atoms with E-state index in [0.717, 1.165) is 49.8 Å². The number of hydrogen-bond acceptors (Lipinski definition) is 5. The predicted octanol–water partition coefficient (Wildman–Crippen LogP) is 5.24. The fourth-order valence-electron chi connectivity index (χ4n) is 3.59. The molecule has 0 aromatic heterocycles. The number of hydrogen-bond donors (Lipinski definition) is 1. The van der Waals surface area contributed by atoms with E-state index in [9.17, 15) is 10.1 Å². The van der Waals surface area contributed by atoms with Gasteiger partial charge in [-0.1, -0.05) is 53.9 Å². The fraction of sp³-hybridized carbons (Fsp3) is 0.739. The highest BCUT2D eigenvalue weighted by Crippen LogP contribution is 2.40. The lowest BCUT2D eigenvalue weighted by atomic mass is 9.75. The van der Waals surface area contributed by atoms with Gasteiger partial charge in [0.1, 0.15) is 11.6 Å². The molecule has 28 heavy (non-hydrogen) atoms. The van der Waals surface area contributed by atoms with E-state index in [4.69, 9.17) is 10.6 Å². The van der Waals surface area contributed by atoms with Crippen molar-refractivity contribution in [2.45, 2.75) is 92.5 Å². The number of rotatable bonds is 10. The number of carbonyl (C=O) groups excluding carboxylic acids is 1. The SMILES string of the molecule is CCCC[C@H](CC)COC(=O)/C(C#N)=C1\C=C(N(N)C(C)CC)CC(C)(C)C1. The lowest BCUT2D eigenvalue weighted by Crippen LogP contribution is -2.40. The Morgan fingerprint density at radius 2 is 2.00 bits per heavy atom. The molecule has 0 fully saturated rings. The van der Waals surface area contributed by atoms with Gasteiger partial charge in [-0.25, -0.2) is 10.6 Å². The minimum Gasteiger partial charge on any atom is -0.461 e. The topological polar surface area (TPSA) is 79.4 Å². The van der Waals surface area contributed by atoms with Crippen molar-refractivity contribution in [1.29, 1.82) is 5.26 Å². The smallest absolute Gasteiger partial charge is 0.349 e. The van der Waals surface area contributed by atoms with Gasteiger partial charge in [0, 0.05) is 11.7 Å². The van der Waals surface area contributed by atoms with Gasteiger partial charge in [0.25, 0.3) is 0 Å². The van der Waals surface area contributed by atoms with E-state index >= 15 is 0 Å². The first kappa shape index (κ1) is 24.2. The zero-order chi connectivity index (χ0) is 21.3. The third-order valence-corrected chi connectivity index (χ3v) is 5.70. The molecule has 0 heterocycles. The van der Waals surface area contributed by atoms with Crippen LogP contribution in [-0.4, -0.2) is 23.6 Å². The average Bonchev–Trinajstić information content (AvgIpc) is 2.66. The molecule has 0 spiro atoms. The molecule has 0 bridgehead atoms. The van der Waals surface area contributed by atoms with Gasteiger partial charge in [0.15, 0.2) is 0 Å². The minimum absolute atomic E-state index is 0.0695. The molecule has 5 nitrogen and oxygen atoms in total. The van der Waals surface area contributed by atoms with Crippen molar-refractivity contribution in [3.05, 3.63) is 22.9 Å². The van der Waals surface area contributed by atoms with Crippen LogP contribution in [0.4, 0.5) is 0 Å². The van der Waals surface area contributed by atoms with Gasteiger partial charge in [-0.3, -0.25) is 0 Å². The summed E-state index contributed by atoms with van der Waals surface area (Å²) in [6.45, 7) is 13.1. The Hall–Kier alpha value is -1.80. The minimum atomic E-state index is -0.507. The maximum atomic E-state index is 12.7. The molecule has 0 aromatic rings. The Bertz CT molecular complexity index is 628. The van der Waals surface area contributed by atoms with Crippen LogP contribution in [0.15, 0.2) is 22.9 Å². The second-order valence-electron chi connectivity index (χ2n) is 8.84. The second kappa shape index (κ2) is 11.3. The number of nitrogens with zero attached hydrogens (tertiary/aromatic N) is 2. The van der Waals surface area contributed by atoms with Crippen molar-refractivity contribution < 1.29 is 9.53 Å². The molecule has 1 aliphatic rings. The van der Waals surface area contributed by atoms with E-state index in [-0.39, 0.29) is 17.0 Å². The Morgan fingerprint density at radius 3 is 2.54 bits per heavy atom. The van der Waals surface area contributed by atoms with E-state index in [1.807, 2.05) is 6.08 Å². The summed E-state index contributed by atoms with van der Waals surface area (Å²) in [5.41, 5.74) is 1.75. The van der Waals surface area contributed by atoms with Gasteiger partial charge < -0.3 is 9.75 Å². The van der Waals surface area contributed by atoms with Gasteiger partial charge in [0.05, 0.1) is 6.61 Å². The first-order chi connectivity index (χ1) is 13.2. The summed E-state index contributed by atoms with van der Waals surface area (Å²) in [4.78, 5) is 12.7. The molecular weight excluding hydrogens is 350 g/mol. The molecule has 0 aliphatic heterocycles. The lowest BCUT2D eigenvalue weighted by Gasteiger charge is -2.37. The molecule has 5 heteroatoms. The number of nitriles is 1. The number of esters is 1. The van der Waals surface area contributed by atoms with Gasteiger partial charge >= 0.3 is 5.97 Å². The van der Waals surface area contributed by atoms with Crippen molar-refractivity contribution in [2.75, 3.05) is 6.61 Å². The summed E-state index contributed by atoms with van der Waals surface area (Å²) >= 11 is 0. The lowest BCUT2D eigenvalue weighted by molar-refractivity contribution is -0.140. The molecular formula is C23H39N3O2. The summed E-state index contributed by atoms with van der Waals surface area (Å²) < 4.78 is 5.54. The van der Waals surface area contributed by atoms with Crippen molar-refractivity contribution in [3.8, 4) is 6.07 Å². The van der Waals surface area contributed by atoms with Crippen LogP contribution in [0, 0.1) is 22.7 Å². The molecule has 0 aromatic carbocycles. The monoisotopic (exact) mass is 389 g/mol. The molecule has 1 rings (SSSR count). The molecule has 2 atom stereocenters. The molecule has 158 valence electrons. The van der Waals surface area contributed by atoms with Crippen LogP contribution in [0.3, 0.4) is 0 Å². The van der Waals surface area contributed by atoms with Crippen molar-refractivity contribution in [1.82, 2.24) is 5.01 Å².